The number of ether oxygens (including phenoxy) is 3. The monoisotopic (exact) mass is 374 g/mol. The fraction of sp³-hybridized carbons (Fsp3) is 0.250. The summed E-state index contributed by atoms with van der Waals surface area (Å²) in [5, 5.41) is 4.06. The Bertz CT molecular complexity index is 1090. The number of aryl methyl sites for hydroxylation is 1. The summed E-state index contributed by atoms with van der Waals surface area (Å²) < 4.78 is 19.5. The SMILES string of the molecule is COC(=O)Cn1c(=NC(=O)c2ccn(C)n2)sc2cc3c(cc21)OCO3. The summed E-state index contributed by atoms with van der Waals surface area (Å²) in [7, 11) is 3.02. The third-order valence-corrected chi connectivity index (χ3v) is 4.86. The second kappa shape index (κ2) is 6.30. The van der Waals surface area contributed by atoms with Crippen LogP contribution in [0.4, 0.5) is 0 Å². The zero-order chi connectivity index (χ0) is 18.3. The Hall–Kier alpha value is -3.14. The number of hydrogen-bond donors (Lipinski definition) is 0. The summed E-state index contributed by atoms with van der Waals surface area (Å²) in [4.78, 5) is 28.7. The second-order valence-corrected chi connectivity index (χ2v) is 6.52. The van der Waals surface area contributed by atoms with Crippen molar-refractivity contribution in [2.45, 2.75) is 6.54 Å². The van der Waals surface area contributed by atoms with Crippen molar-refractivity contribution in [3.8, 4) is 11.5 Å². The van der Waals surface area contributed by atoms with Crippen LogP contribution in [-0.4, -0.2) is 40.1 Å². The van der Waals surface area contributed by atoms with E-state index in [-0.39, 0.29) is 19.0 Å². The molecule has 0 fully saturated rings. The van der Waals surface area contributed by atoms with Crippen molar-refractivity contribution in [1.29, 1.82) is 0 Å². The fourth-order valence-electron chi connectivity index (χ4n) is 2.56. The standard InChI is InChI=1S/C16H14N4O5S/c1-19-4-3-9(18-19)15(22)17-16-20(7-14(21)23-2)10-5-11-12(25-8-24-11)6-13(10)26-16/h3-6H,7-8H2,1-2H3. The van der Waals surface area contributed by atoms with Gasteiger partial charge in [-0.2, -0.15) is 10.1 Å². The lowest BCUT2D eigenvalue weighted by Crippen LogP contribution is -2.22. The van der Waals surface area contributed by atoms with E-state index >= 15 is 0 Å². The van der Waals surface area contributed by atoms with E-state index in [1.807, 2.05) is 0 Å². The number of fused-ring (bicyclic) bond motifs is 2. The van der Waals surface area contributed by atoms with Gasteiger partial charge in [0.15, 0.2) is 22.0 Å². The third-order valence-electron chi connectivity index (χ3n) is 3.82. The normalized spacial score (nSPS) is 13.4. The molecule has 1 aromatic carbocycles. The smallest absolute Gasteiger partial charge is 0.325 e. The van der Waals surface area contributed by atoms with Crippen molar-refractivity contribution in [3.05, 3.63) is 34.9 Å². The molecule has 0 atom stereocenters. The van der Waals surface area contributed by atoms with Crippen molar-refractivity contribution in [1.82, 2.24) is 14.3 Å². The van der Waals surface area contributed by atoms with Crippen molar-refractivity contribution in [2.24, 2.45) is 12.0 Å². The molecule has 4 rings (SSSR count). The molecule has 0 radical (unpaired) electrons. The lowest BCUT2D eigenvalue weighted by Gasteiger charge is -2.04. The van der Waals surface area contributed by atoms with Crippen LogP contribution in [0.5, 0.6) is 11.5 Å². The number of amides is 1. The van der Waals surface area contributed by atoms with Gasteiger partial charge in [0.2, 0.25) is 6.79 Å². The lowest BCUT2D eigenvalue weighted by molar-refractivity contribution is -0.141. The van der Waals surface area contributed by atoms with E-state index in [0.29, 0.717) is 21.8 Å². The largest absolute Gasteiger partial charge is 0.468 e. The molecule has 0 saturated carbocycles. The highest BCUT2D eigenvalue weighted by atomic mass is 32.1. The van der Waals surface area contributed by atoms with Crippen LogP contribution in [-0.2, 0) is 23.1 Å². The molecule has 3 heterocycles. The van der Waals surface area contributed by atoms with Gasteiger partial charge in [0, 0.05) is 25.4 Å². The molecule has 2 aromatic heterocycles. The van der Waals surface area contributed by atoms with Crippen molar-refractivity contribution in [3.63, 3.8) is 0 Å². The number of rotatable bonds is 3. The van der Waals surface area contributed by atoms with Crippen LogP contribution >= 0.6 is 11.3 Å². The predicted molar refractivity (Wildman–Crippen MR) is 91.1 cm³/mol. The summed E-state index contributed by atoms with van der Waals surface area (Å²) in [5.74, 6) is 0.257. The third kappa shape index (κ3) is 2.84. The first-order valence-electron chi connectivity index (χ1n) is 7.63. The molecule has 1 amide bonds. The average Bonchev–Trinajstić information content (AvgIpc) is 3.32. The van der Waals surface area contributed by atoms with Crippen molar-refractivity contribution < 1.29 is 23.8 Å². The van der Waals surface area contributed by atoms with Gasteiger partial charge in [-0.15, -0.1) is 0 Å². The van der Waals surface area contributed by atoms with Gasteiger partial charge in [-0.1, -0.05) is 11.3 Å². The molecule has 1 aliphatic heterocycles. The first-order valence-corrected chi connectivity index (χ1v) is 8.45. The molecule has 0 aliphatic carbocycles. The molecule has 0 bridgehead atoms. The number of carbonyl (C=O) groups excluding carboxylic acids is 2. The topological polar surface area (TPSA) is 96.9 Å². The maximum atomic E-state index is 12.4. The Balaban J connectivity index is 1.87. The number of esters is 1. The minimum absolute atomic E-state index is 0.0789. The van der Waals surface area contributed by atoms with Crippen molar-refractivity contribution >= 4 is 33.4 Å². The minimum atomic E-state index is -0.490. The molecule has 0 spiro atoms. The first-order chi connectivity index (χ1) is 12.5. The van der Waals surface area contributed by atoms with Gasteiger partial charge in [-0.05, 0) is 6.07 Å². The van der Waals surface area contributed by atoms with Gasteiger partial charge >= 0.3 is 5.97 Å². The molecule has 0 unspecified atom stereocenters. The summed E-state index contributed by atoms with van der Waals surface area (Å²) in [6.45, 7) is 0.0729. The van der Waals surface area contributed by atoms with Crippen LogP contribution < -0.4 is 14.3 Å². The van der Waals surface area contributed by atoms with E-state index in [1.54, 1.807) is 36.0 Å². The number of thiazole rings is 1. The number of benzene rings is 1. The van der Waals surface area contributed by atoms with E-state index in [0.717, 1.165) is 4.70 Å². The van der Waals surface area contributed by atoms with E-state index in [4.69, 9.17) is 14.2 Å². The highest BCUT2D eigenvalue weighted by Gasteiger charge is 2.19. The minimum Gasteiger partial charge on any atom is -0.468 e. The van der Waals surface area contributed by atoms with Crippen molar-refractivity contribution in [2.75, 3.05) is 13.9 Å². The van der Waals surface area contributed by atoms with Crippen LogP contribution in [0.2, 0.25) is 0 Å². The summed E-state index contributed by atoms with van der Waals surface area (Å²) in [6.07, 6.45) is 1.66. The van der Waals surface area contributed by atoms with Gasteiger partial charge in [0.05, 0.1) is 17.3 Å². The van der Waals surface area contributed by atoms with E-state index in [1.165, 1.54) is 23.1 Å². The lowest BCUT2D eigenvalue weighted by atomic mass is 10.3. The average molecular weight is 374 g/mol. The molecule has 26 heavy (non-hydrogen) atoms. The molecular formula is C16H14N4O5S. The van der Waals surface area contributed by atoms with Gasteiger partial charge in [0.25, 0.3) is 5.91 Å². The summed E-state index contributed by atoms with van der Waals surface area (Å²) >= 11 is 1.27. The number of nitrogens with zero attached hydrogens (tertiary/aromatic N) is 4. The molecule has 0 saturated heterocycles. The molecule has 10 heteroatoms. The number of methoxy groups -OCH3 is 1. The van der Waals surface area contributed by atoms with E-state index in [2.05, 4.69) is 10.1 Å². The maximum absolute atomic E-state index is 12.4. The van der Waals surface area contributed by atoms with Gasteiger partial charge in [0.1, 0.15) is 6.54 Å². The van der Waals surface area contributed by atoms with E-state index < -0.39 is 11.9 Å². The van der Waals surface area contributed by atoms with Gasteiger partial charge in [-0.3, -0.25) is 14.3 Å². The van der Waals surface area contributed by atoms with Crippen LogP contribution in [0.15, 0.2) is 29.4 Å². The van der Waals surface area contributed by atoms with Crippen LogP contribution in [0, 0.1) is 0 Å². The predicted octanol–water partition coefficient (Wildman–Crippen LogP) is 1.08. The zero-order valence-electron chi connectivity index (χ0n) is 14.0. The molecular weight excluding hydrogens is 360 g/mol. The number of carbonyl (C=O) groups is 2. The Morgan fingerprint density at radius 1 is 1.35 bits per heavy atom. The quantitative estimate of drug-likeness (QED) is 0.637. The Kier molecular flexibility index (Phi) is 3.96. The number of aromatic nitrogens is 3. The highest BCUT2D eigenvalue weighted by Crippen LogP contribution is 2.36. The van der Waals surface area contributed by atoms with Crippen LogP contribution in [0.25, 0.3) is 10.2 Å². The van der Waals surface area contributed by atoms with E-state index in [9.17, 15) is 9.59 Å². The van der Waals surface area contributed by atoms with Gasteiger partial charge in [-0.25, -0.2) is 0 Å². The highest BCUT2D eigenvalue weighted by molar-refractivity contribution is 7.16. The molecule has 0 N–H and O–H groups in total. The Morgan fingerprint density at radius 2 is 2.12 bits per heavy atom. The van der Waals surface area contributed by atoms with Crippen LogP contribution in [0.1, 0.15) is 10.5 Å². The second-order valence-electron chi connectivity index (χ2n) is 5.51. The summed E-state index contributed by atoms with van der Waals surface area (Å²) in [5.41, 5.74) is 0.931. The first kappa shape index (κ1) is 16.3. The van der Waals surface area contributed by atoms with Gasteiger partial charge < -0.3 is 18.8 Å². The molecule has 3 aromatic rings. The summed E-state index contributed by atoms with van der Waals surface area (Å²) in [6, 6.07) is 5.15. The maximum Gasteiger partial charge on any atom is 0.325 e. The Labute approximate surface area is 151 Å². The fourth-order valence-corrected chi connectivity index (χ4v) is 3.60. The Morgan fingerprint density at radius 3 is 2.81 bits per heavy atom. The molecule has 134 valence electrons. The number of hydrogen-bond acceptors (Lipinski definition) is 7. The molecule has 1 aliphatic rings. The zero-order valence-corrected chi connectivity index (χ0v) is 14.8. The molecule has 9 nitrogen and oxygen atoms in total. The van der Waals surface area contributed by atoms with Crippen LogP contribution in [0.3, 0.4) is 0 Å².